The average Bonchev–Trinajstić information content (AvgIpc) is 1.85. The average molecular weight is 288 g/mol. The molecule has 0 saturated carbocycles. The third kappa shape index (κ3) is 3.35. The maximum atomic E-state index is 12.6. The van der Waals surface area contributed by atoms with E-state index in [0.29, 0.717) is 6.54 Å². The summed E-state index contributed by atoms with van der Waals surface area (Å²) in [5.41, 5.74) is 6.15. The van der Waals surface area contributed by atoms with Gasteiger partial charge >= 0.3 is 0 Å². The summed E-state index contributed by atoms with van der Waals surface area (Å²) in [6.07, 6.45) is 0. The van der Waals surface area contributed by atoms with Gasteiger partial charge < -0.3 is 5.73 Å². The number of nitrogens with two attached hydrogens (primary N) is 1. The van der Waals surface area contributed by atoms with Crippen molar-refractivity contribution < 1.29 is 4.39 Å². The lowest BCUT2D eigenvalue weighted by molar-refractivity contribution is 0.624. The highest BCUT2D eigenvalue weighted by Gasteiger charge is 1.95. The molecule has 0 amide bonds. The predicted molar refractivity (Wildman–Crippen MR) is 54.3 cm³/mol. The van der Waals surface area contributed by atoms with E-state index in [2.05, 4.69) is 22.6 Å². The number of benzene rings is 1. The van der Waals surface area contributed by atoms with Gasteiger partial charge in [0.25, 0.3) is 0 Å². The second-order valence-corrected chi connectivity index (χ2v) is 3.23. The minimum absolute atomic E-state index is 0. The van der Waals surface area contributed by atoms with Crippen LogP contribution >= 0.6 is 35.0 Å². The first-order valence-corrected chi connectivity index (χ1v) is 3.95. The highest BCUT2D eigenvalue weighted by atomic mass is 127. The van der Waals surface area contributed by atoms with Crippen LogP contribution in [0.2, 0.25) is 0 Å². The van der Waals surface area contributed by atoms with Crippen molar-refractivity contribution in [1.29, 1.82) is 0 Å². The zero-order chi connectivity index (χ0) is 7.56. The molecular formula is C7H8ClFIN. The minimum atomic E-state index is -0.215. The second-order valence-electron chi connectivity index (χ2n) is 1.98. The van der Waals surface area contributed by atoms with Crippen LogP contribution in [0.5, 0.6) is 0 Å². The number of rotatable bonds is 1. The van der Waals surface area contributed by atoms with E-state index in [1.165, 1.54) is 12.1 Å². The van der Waals surface area contributed by atoms with Gasteiger partial charge in [0, 0.05) is 10.1 Å². The summed E-state index contributed by atoms with van der Waals surface area (Å²) < 4.78 is 13.4. The molecule has 0 heterocycles. The van der Waals surface area contributed by atoms with Crippen molar-refractivity contribution in [3.05, 3.63) is 33.1 Å². The fraction of sp³-hybridized carbons (Fsp3) is 0.143. The summed E-state index contributed by atoms with van der Waals surface area (Å²) >= 11 is 2.06. The molecule has 0 radical (unpaired) electrons. The highest BCUT2D eigenvalue weighted by Crippen LogP contribution is 2.10. The van der Waals surface area contributed by atoms with E-state index >= 15 is 0 Å². The smallest absolute Gasteiger partial charge is 0.124 e. The molecule has 1 aromatic rings. The van der Waals surface area contributed by atoms with Crippen LogP contribution in [-0.4, -0.2) is 0 Å². The summed E-state index contributed by atoms with van der Waals surface area (Å²) in [5.74, 6) is -0.215. The first kappa shape index (κ1) is 11.1. The van der Waals surface area contributed by atoms with Crippen molar-refractivity contribution in [3.63, 3.8) is 0 Å². The molecule has 11 heavy (non-hydrogen) atoms. The Morgan fingerprint density at radius 3 is 2.45 bits per heavy atom. The Morgan fingerprint density at radius 1 is 1.36 bits per heavy atom. The molecule has 0 aliphatic heterocycles. The predicted octanol–water partition coefficient (Wildman–Crippen LogP) is 2.31. The van der Waals surface area contributed by atoms with Crippen LogP contribution in [0.1, 0.15) is 5.56 Å². The SMILES string of the molecule is Cl.NCc1cc(F)cc(I)c1. The van der Waals surface area contributed by atoms with Crippen LogP contribution in [0, 0.1) is 9.39 Å². The van der Waals surface area contributed by atoms with Gasteiger partial charge in [-0.15, -0.1) is 12.4 Å². The quantitative estimate of drug-likeness (QED) is 0.788. The second kappa shape index (κ2) is 4.90. The molecule has 0 unspecified atom stereocenters. The molecule has 1 rings (SSSR count). The highest BCUT2D eigenvalue weighted by molar-refractivity contribution is 14.1. The Morgan fingerprint density at radius 2 is 2.00 bits per heavy atom. The largest absolute Gasteiger partial charge is 0.326 e. The van der Waals surface area contributed by atoms with Crippen molar-refractivity contribution in [3.8, 4) is 0 Å². The van der Waals surface area contributed by atoms with E-state index < -0.39 is 0 Å². The van der Waals surface area contributed by atoms with Gasteiger partial charge in [-0.3, -0.25) is 0 Å². The van der Waals surface area contributed by atoms with Gasteiger partial charge in [-0.2, -0.15) is 0 Å². The molecule has 4 heteroatoms. The molecule has 62 valence electrons. The van der Waals surface area contributed by atoms with Gasteiger partial charge in [-0.05, 0) is 46.4 Å². The van der Waals surface area contributed by atoms with E-state index in [0.717, 1.165) is 9.13 Å². The fourth-order valence-electron chi connectivity index (χ4n) is 0.729. The van der Waals surface area contributed by atoms with E-state index in [1.54, 1.807) is 0 Å². The minimum Gasteiger partial charge on any atom is -0.326 e. The third-order valence-electron chi connectivity index (χ3n) is 1.16. The molecule has 0 spiro atoms. The first-order valence-electron chi connectivity index (χ1n) is 2.87. The molecule has 0 aromatic heterocycles. The van der Waals surface area contributed by atoms with Crippen molar-refractivity contribution >= 4 is 35.0 Å². The Bertz CT molecular complexity index is 222. The topological polar surface area (TPSA) is 26.0 Å². The van der Waals surface area contributed by atoms with E-state index in [4.69, 9.17) is 5.73 Å². The first-order chi connectivity index (χ1) is 4.72. The third-order valence-corrected chi connectivity index (χ3v) is 1.78. The summed E-state index contributed by atoms with van der Waals surface area (Å²) in [4.78, 5) is 0. The molecule has 0 aliphatic carbocycles. The van der Waals surface area contributed by atoms with Gasteiger partial charge in [0.05, 0.1) is 0 Å². The summed E-state index contributed by atoms with van der Waals surface area (Å²) in [5, 5.41) is 0. The van der Waals surface area contributed by atoms with Crippen LogP contribution in [0.15, 0.2) is 18.2 Å². The fourth-order valence-corrected chi connectivity index (χ4v) is 1.43. The molecular weight excluding hydrogens is 279 g/mol. The van der Waals surface area contributed by atoms with E-state index in [1.807, 2.05) is 6.07 Å². The zero-order valence-corrected chi connectivity index (χ0v) is 8.65. The summed E-state index contributed by atoms with van der Waals surface area (Å²) in [6, 6.07) is 4.78. The van der Waals surface area contributed by atoms with Crippen LogP contribution in [0.25, 0.3) is 0 Å². The lowest BCUT2D eigenvalue weighted by Crippen LogP contribution is -1.96. The summed E-state index contributed by atoms with van der Waals surface area (Å²) in [7, 11) is 0. The standard InChI is InChI=1S/C7H7FIN.ClH/c8-6-1-5(4-10)2-7(9)3-6;/h1-3H,4,10H2;1H. The van der Waals surface area contributed by atoms with Crippen molar-refractivity contribution in [2.45, 2.75) is 6.54 Å². The van der Waals surface area contributed by atoms with Gasteiger partial charge in [0.1, 0.15) is 5.82 Å². The lowest BCUT2D eigenvalue weighted by Gasteiger charge is -1.96. The van der Waals surface area contributed by atoms with Crippen LogP contribution in [-0.2, 0) is 6.54 Å². The van der Waals surface area contributed by atoms with Gasteiger partial charge in [-0.25, -0.2) is 4.39 Å². The number of hydrogen-bond donors (Lipinski definition) is 1. The molecule has 0 saturated heterocycles. The maximum absolute atomic E-state index is 12.6. The van der Waals surface area contributed by atoms with E-state index in [-0.39, 0.29) is 18.2 Å². The molecule has 2 N–H and O–H groups in total. The summed E-state index contributed by atoms with van der Waals surface area (Å²) in [6.45, 7) is 0.397. The Kier molecular flexibility index (Phi) is 4.96. The zero-order valence-electron chi connectivity index (χ0n) is 5.68. The molecule has 0 aliphatic rings. The van der Waals surface area contributed by atoms with Gasteiger partial charge in [0.15, 0.2) is 0 Å². The Balaban J connectivity index is 0.000001000. The van der Waals surface area contributed by atoms with Crippen molar-refractivity contribution in [2.24, 2.45) is 5.73 Å². The van der Waals surface area contributed by atoms with E-state index in [9.17, 15) is 4.39 Å². The molecule has 0 fully saturated rings. The Labute approximate surface area is 84.7 Å². The number of hydrogen-bond acceptors (Lipinski definition) is 1. The van der Waals surface area contributed by atoms with Crippen LogP contribution in [0.3, 0.4) is 0 Å². The Hall–Kier alpha value is 0.130. The molecule has 1 nitrogen and oxygen atoms in total. The lowest BCUT2D eigenvalue weighted by atomic mass is 10.2. The number of halogens is 3. The van der Waals surface area contributed by atoms with Crippen molar-refractivity contribution in [2.75, 3.05) is 0 Å². The van der Waals surface area contributed by atoms with Gasteiger partial charge in [0.2, 0.25) is 0 Å². The molecule has 0 atom stereocenters. The van der Waals surface area contributed by atoms with Crippen LogP contribution < -0.4 is 5.73 Å². The van der Waals surface area contributed by atoms with Gasteiger partial charge in [-0.1, -0.05) is 0 Å². The molecule has 1 aromatic carbocycles. The van der Waals surface area contributed by atoms with Crippen molar-refractivity contribution in [1.82, 2.24) is 0 Å². The van der Waals surface area contributed by atoms with Crippen LogP contribution in [0.4, 0.5) is 4.39 Å². The molecule has 0 bridgehead atoms. The monoisotopic (exact) mass is 287 g/mol. The maximum Gasteiger partial charge on any atom is 0.124 e. The normalized spacial score (nSPS) is 9.00.